The van der Waals surface area contributed by atoms with Crippen LogP contribution >= 0.6 is 0 Å². The Labute approximate surface area is 167 Å². The van der Waals surface area contributed by atoms with Crippen molar-refractivity contribution in [3.8, 4) is 0 Å². The Kier molecular flexibility index (Phi) is 5.31. The highest BCUT2D eigenvalue weighted by molar-refractivity contribution is 6.08. The number of likely N-dealkylation sites (tertiary alicyclic amines) is 2. The van der Waals surface area contributed by atoms with Gasteiger partial charge >= 0.3 is 0 Å². The van der Waals surface area contributed by atoms with Crippen LogP contribution in [-0.2, 0) is 21.4 Å². The zero-order chi connectivity index (χ0) is 19.6. The molecule has 2 aliphatic heterocycles. The maximum absolute atomic E-state index is 13.1. The fourth-order valence-corrected chi connectivity index (χ4v) is 4.54. The van der Waals surface area contributed by atoms with E-state index >= 15 is 0 Å². The van der Waals surface area contributed by atoms with E-state index in [2.05, 4.69) is 35.2 Å². The van der Waals surface area contributed by atoms with E-state index in [0.29, 0.717) is 12.6 Å². The third-order valence-corrected chi connectivity index (χ3v) is 6.35. The van der Waals surface area contributed by atoms with E-state index in [1.807, 2.05) is 37.3 Å². The van der Waals surface area contributed by atoms with Gasteiger partial charge in [-0.3, -0.25) is 19.4 Å². The van der Waals surface area contributed by atoms with Gasteiger partial charge in [-0.15, -0.1) is 0 Å². The van der Waals surface area contributed by atoms with Crippen molar-refractivity contribution >= 4 is 11.8 Å². The summed E-state index contributed by atoms with van der Waals surface area (Å²) in [6.07, 6.45) is 3.60. The van der Waals surface area contributed by atoms with E-state index in [9.17, 15) is 9.59 Å². The lowest BCUT2D eigenvalue weighted by molar-refractivity contribution is -0.142. The zero-order valence-electron chi connectivity index (χ0n) is 16.5. The summed E-state index contributed by atoms with van der Waals surface area (Å²) in [5.74, 6) is 0.566. The summed E-state index contributed by atoms with van der Waals surface area (Å²) in [5, 5.41) is 0. The number of imide groups is 1. The molecule has 2 fully saturated rings. The molecular weight excluding hydrogens is 348 g/mol. The number of benzene rings is 2. The smallest absolute Gasteiger partial charge is 0.241 e. The Morgan fingerprint density at radius 2 is 1.54 bits per heavy atom. The zero-order valence-corrected chi connectivity index (χ0v) is 16.5. The summed E-state index contributed by atoms with van der Waals surface area (Å²) >= 11 is 0. The Hall–Kier alpha value is -2.46. The first-order valence-electron chi connectivity index (χ1n) is 10.2. The Morgan fingerprint density at radius 3 is 2.18 bits per heavy atom. The maximum Gasteiger partial charge on any atom is 0.241 e. The van der Waals surface area contributed by atoms with Gasteiger partial charge in [0.1, 0.15) is 0 Å². The van der Waals surface area contributed by atoms with Crippen LogP contribution in [-0.4, -0.2) is 41.4 Å². The summed E-state index contributed by atoms with van der Waals surface area (Å²) in [7, 11) is 0. The third-order valence-electron chi connectivity index (χ3n) is 6.35. The van der Waals surface area contributed by atoms with Crippen LogP contribution in [0.2, 0.25) is 0 Å². The second kappa shape index (κ2) is 7.88. The fourth-order valence-electron chi connectivity index (χ4n) is 4.54. The molecule has 0 aromatic heterocycles. The first-order valence-corrected chi connectivity index (χ1v) is 10.2. The van der Waals surface area contributed by atoms with Gasteiger partial charge in [0.2, 0.25) is 11.8 Å². The molecule has 2 saturated heterocycles. The average Bonchev–Trinajstić information content (AvgIpc) is 2.95. The number of carbonyl (C=O) groups excluding carboxylic acids is 2. The van der Waals surface area contributed by atoms with Gasteiger partial charge < -0.3 is 0 Å². The Balaban J connectivity index is 1.35. The Bertz CT molecular complexity index is 828. The van der Waals surface area contributed by atoms with Crippen LogP contribution in [0.3, 0.4) is 0 Å². The molecule has 2 aliphatic rings. The van der Waals surface area contributed by atoms with Gasteiger partial charge in [-0.2, -0.15) is 0 Å². The van der Waals surface area contributed by atoms with Gasteiger partial charge in [-0.05, 0) is 43.2 Å². The molecule has 2 aromatic rings. The minimum absolute atomic E-state index is 0.0530. The number of hydrogen-bond acceptors (Lipinski definition) is 3. The van der Waals surface area contributed by atoms with E-state index in [1.165, 1.54) is 10.5 Å². The van der Waals surface area contributed by atoms with Crippen molar-refractivity contribution in [2.45, 2.75) is 38.0 Å². The van der Waals surface area contributed by atoms with Crippen molar-refractivity contribution in [3.63, 3.8) is 0 Å². The molecule has 0 radical (unpaired) electrons. The highest BCUT2D eigenvalue weighted by Gasteiger charge is 2.49. The van der Waals surface area contributed by atoms with Crippen LogP contribution < -0.4 is 0 Å². The van der Waals surface area contributed by atoms with Crippen LogP contribution in [0, 0.1) is 5.92 Å². The molecule has 0 aliphatic carbocycles. The number of hydrogen-bond donors (Lipinski definition) is 0. The number of piperidine rings is 1. The van der Waals surface area contributed by atoms with E-state index < -0.39 is 5.41 Å². The van der Waals surface area contributed by atoms with Gasteiger partial charge in [0.05, 0.1) is 12.1 Å². The summed E-state index contributed by atoms with van der Waals surface area (Å²) in [5.41, 5.74) is 1.59. The molecule has 2 aromatic carbocycles. The largest absolute Gasteiger partial charge is 0.286 e. The third kappa shape index (κ3) is 3.74. The molecule has 146 valence electrons. The van der Waals surface area contributed by atoms with Gasteiger partial charge in [-0.25, -0.2) is 0 Å². The topological polar surface area (TPSA) is 40.6 Å². The molecule has 0 saturated carbocycles. The van der Waals surface area contributed by atoms with Gasteiger partial charge in [0, 0.05) is 19.5 Å². The molecule has 1 unspecified atom stereocenters. The quantitative estimate of drug-likeness (QED) is 0.749. The van der Waals surface area contributed by atoms with Crippen molar-refractivity contribution in [3.05, 3.63) is 71.8 Å². The first-order chi connectivity index (χ1) is 13.6. The van der Waals surface area contributed by atoms with Crippen LogP contribution in [0.5, 0.6) is 0 Å². The summed E-state index contributed by atoms with van der Waals surface area (Å²) < 4.78 is 0. The first kappa shape index (κ1) is 18.9. The van der Waals surface area contributed by atoms with Crippen molar-refractivity contribution < 1.29 is 9.59 Å². The fraction of sp³-hybridized carbons (Fsp3) is 0.417. The molecule has 0 spiro atoms. The van der Waals surface area contributed by atoms with Crippen molar-refractivity contribution in [1.29, 1.82) is 0 Å². The van der Waals surface area contributed by atoms with Crippen LogP contribution in [0.4, 0.5) is 0 Å². The van der Waals surface area contributed by atoms with Crippen molar-refractivity contribution in [2.24, 2.45) is 5.92 Å². The standard InChI is InChI=1S/C24H28N2O2/c1-24(21-10-6-3-7-11-21)17-22(27)26(23(24)28)18-25-14-12-20(13-15-25)16-19-8-4-2-5-9-19/h2-11,20H,12-18H2,1H3. The molecule has 0 N–H and O–H groups in total. The molecule has 4 heteroatoms. The van der Waals surface area contributed by atoms with Gasteiger partial charge in [0.15, 0.2) is 0 Å². The van der Waals surface area contributed by atoms with Gasteiger partial charge in [0.25, 0.3) is 0 Å². The number of carbonyl (C=O) groups is 2. The highest BCUT2D eigenvalue weighted by atomic mass is 16.2. The van der Waals surface area contributed by atoms with Crippen LogP contribution in [0.1, 0.15) is 37.3 Å². The molecule has 2 heterocycles. The lowest BCUT2D eigenvalue weighted by atomic mass is 9.81. The number of nitrogens with zero attached hydrogens (tertiary/aromatic N) is 2. The Morgan fingerprint density at radius 1 is 0.929 bits per heavy atom. The normalized spacial score (nSPS) is 24.1. The number of amides is 2. The predicted molar refractivity (Wildman–Crippen MR) is 110 cm³/mol. The molecule has 4 rings (SSSR count). The molecule has 2 amide bonds. The second-order valence-electron chi connectivity index (χ2n) is 8.39. The highest BCUT2D eigenvalue weighted by Crippen LogP contribution is 2.36. The molecular formula is C24H28N2O2. The van der Waals surface area contributed by atoms with Crippen molar-refractivity contribution in [1.82, 2.24) is 9.80 Å². The summed E-state index contributed by atoms with van der Waals surface area (Å²) in [4.78, 5) is 29.5. The lowest BCUT2D eigenvalue weighted by Crippen LogP contribution is -2.46. The average molecular weight is 377 g/mol. The minimum atomic E-state index is -0.732. The monoisotopic (exact) mass is 376 g/mol. The van der Waals surface area contributed by atoms with Crippen LogP contribution in [0.15, 0.2) is 60.7 Å². The van der Waals surface area contributed by atoms with E-state index in [1.54, 1.807) is 0 Å². The lowest BCUT2D eigenvalue weighted by Gasteiger charge is -2.34. The molecule has 1 atom stereocenters. The summed E-state index contributed by atoms with van der Waals surface area (Å²) in [6.45, 7) is 4.21. The minimum Gasteiger partial charge on any atom is -0.286 e. The second-order valence-corrected chi connectivity index (χ2v) is 8.39. The van der Waals surface area contributed by atoms with E-state index in [4.69, 9.17) is 0 Å². The molecule has 28 heavy (non-hydrogen) atoms. The van der Waals surface area contributed by atoms with Gasteiger partial charge in [-0.1, -0.05) is 60.7 Å². The van der Waals surface area contributed by atoms with Crippen LogP contribution in [0.25, 0.3) is 0 Å². The maximum atomic E-state index is 13.1. The predicted octanol–water partition coefficient (Wildman–Crippen LogP) is 3.62. The SMILES string of the molecule is CC1(c2ccccc2)CC(=O)N(CN2CCC(Cc3ccccc3)CC2)C1=O. The van der Waals surface area contributed by atoms with E-state index in [-0.39, 0.29) is 18.2 Å². The summed E-state index contributed by atoms with van der Waals surface area (Å²) in [6, 6.07) is 20.3. The molecule has 0 bridgehead atoms. The number of rotatable bonds is 5. The molecule has 4 nitrogen and oxygen atoms in total. The van der Waals surface area contributed by atoms with Crippen molar-refractivity contribution in [2.75, 3.05) is 19.8 Å². The van der Waals surface area contributed by atoms with E-state index in [0.717, 1.165) is 37.9 Å².